The van der Waals surface area contributed by atoms with Crippen molar-refractivity contribution in [3.05, 3.63) is 53.5 Å². The van der Waals surface area contributed by atoms with Crippen molar-refractivity contribution in [3.8, 4) is 5.75 Å². The molecule has 0 saturated carbocycles. The predicted octanol–water partition coefficient (Wildman–Crippen LogP) is 2.04. The molecule has 0 bridgehead atoms. The Labute approximate surface area is 125 Å². The average Bonchev–Trinajstić information content (AvgIpc) is 2.92. The number of hydrogen-bond donors (Lipinski definition) is 2. The molecule has 5 nitrogen and oxygen atoms in total. The third-order valence-electron chi connectivity index (χ3n) is 2.94. The van der Waals surface area contributed by atoms with Gasteiger partial charge in [-0.05, 0) is 25.1 Å². The first-order valence-electron chi connectivity index (χ1n) is 6.55. The maximum absolute atomic E-state index is 13.0. The van der Waals surface area contributed by atoms with Crippen LogP contribution in [-0.2, 0) is 0 Å². The van der Waals surface area contributed by atoms with Crippen LogP contribution in [0.15, 0.2) is 34.9 Å². The summed E-state index contributed by atoms with van der Waals surface area (Å²) in [6, 6.07) is 4.59. The van der Waals surface area contributed by atoms with Crippen LogP contribution in [0.3, 0.4) is 0 Å². The highest BCUT2D eigenvalue weighted by Crippen LogP contribution is 2.15. The van der Waals surface area contributed by atoms with E-state index in [2.05, 4.69) is 5.32 Å². The fourth-order valence-electron chi connectivity index (χ4n) is 1.74. The first kappa shape index (κ1) is 16.0. The number of halogens is 2. The molecular weight excluding hydrogens is 296 g/mol. The van der Waals surface area contributed by atoms with E-state index in [1.165, 1.54) is 18.4 Å². The van der Waals surface area contributed by atoms with Crippen LogP contribution in [0.25, 0.3) is 0 Å². The zero-order valence-corrected chi connectivity index (χ0v) is 11.8. The SMILES string of the molecule is Cc1occc1C(=O)NCC(O)COc1ccc(F)c(F)c1. The van der Waals surface area contributed by atoms with Crippen LogP contribution in [0.1, 0.15) is 16.1 Å². The van der Waals surface area contributed by atoms with Gasteiger partial charge in [0.05, 0.1) is 11.8 Å². The molecule has 7 heteroatoms. The summed E-state index contributed by atoms with van der Waals surface area (Å²) < 4.78 is 35.8. The maximum atomic E-state index is 13.0. The Hall–Kier alpha value is -2.41. The highest BCUT2D eigenvalue weighted by molar-refractivity contribution is 5.95. The molecule has 22 heavy (non-hydrogen) atoms. The van der Waals surface area contributed by atoms with Crippen molar-refractivity contribution in [2.45, 2.75) is 13.0 Å². The van der Waals surface area contributed by atoms with Gasteiger partial charge in [-0.15, -0.1) is 0 Å². The van der Waals surface area contributed by atoms with E-state index in [4.69, 9.17) is 9.15 Å². The molecule has 1 unspecified atom stereocenters. The Morgan fingerprint density at radius 2 is 2.14 bits per heavy atom. The molecule has 0 aliphatic heterocycles. The quantitative estimate of drug-likeness (QED) is 0.856. The van der Waals surface area contributed by atoms with Gasteiger partial charge in [0.15, 0.2) is 11.6 Å². The van der Waals surface area contributed by atoms with Gasteiger partial charge in [0.25, 0.3) is 5.91 Å². The molecule has 0 radical (unpaired) electrons. The second-order valence-corrected chi connectivity index (χ2v) is 4.64. The van der Waals surface area contributed by atoms with Gasteiger partial charge in [-0.1, -0.05) is 0 Å². The van der Waals surface area contributed by atoms with E-state index in [0.717, 1.165) is 12.1 Å². The molecule has 0 fully saturated rings. The third-order valence-corrected chi connectivity index (χ3v) is 2.94. The highest BCUT2D eigenvalue weighted by Gasteiger charge is 2.13. The van der Waals surface area contributed by atoms with Crippen LogP contribution in [0, 0.1) is 18.6 Å². The number of aliphatic hydroxyl groups is 1. The normalized spacial score (nSPS) is 12.0. The minimum absolute atomic E-state index is 0.0485. The second kappa shape index (κ2) is 7.04. The molecule has 2 N–H and O–H groups in total. The topological polar surface area (TPSA) is 71.7 Å². The number of amides is 1. The lowest BCUT2D eigenvalue weighted by Gasteiger charge is -2.13. The molecule has 0 spiro atoms. The monoisotopic (exact) mass is 311 g/mol. The van der Waals surface area contributed by atoms with Crippen molar-refractivity contribution in [1.82, 2.24) is 5.32 Å². The summed E-state index contributed by atoms with van der Waals surface area (Å²) in [6.07, 6.45) is 0.400. The van der Waals surface area contributed by atoms with Gasteiger partial charge in [-0.3, -0.25) is 4.79 Å². The predicted molar refractivity (Wildman–Crippen MR) is 73.6 cm³/mol. The molecule has 1 aromatic heterocycles. The Kier molecular flexibility index (Phi) is 5.11. The summed E-state index contributed by atoms with van der Waals surface area (Å²) in [5.74, 6) is -1.82. The van der Waals surface area contributed by atoms with Crippen LogP contribution >= 0.6 is 0 Å². The lowest BCUT2D eigenvalue weighted by atomic mass is 10.2. The summed E-state index contributed by atoms with van der Waals surface area (Å²) in [5, 5.41) is 12.2. The largest absolute Gasteiger partial charge is 0.491 e. The second-order valence-electron chi connectivity index (χ2n) is 4.64. The number of carbonyl (C=O) groups is 1. The minimum Gasteiger partial charge on any atom is -0.491 e. The van der Waals surface area contributed by atoms with E-state index < -0.39 is 17.7 Å². The van der Waals surface area contributed by atoms with Crippen molar-refractivity contribution in [2.24, 2.45) is 0 Å². The van der Waals surface area contributed by atoms with E-state index in [1.54, 1.807) is 6.92 Å². The lowest BCUT2D eigenvalue weighted by molar-refractivity contribution is 0.0842. The van der Waals surface area contributed by atoms with Gasteiger partial charge in [-0.2, -0.15) is 0 Å². The van der Waals surface area contributed by atoms with Crippen LogP contribution in [0.4, 0.5) is 8.78 Å². The van der Waals surface area contributed by atoms with Crippen LogP contribution in [-0.4, -0.2) is 30.3 Å². The van der Waals surface area contributed by atoms with Crippen molar-refractivity contribution in [2.75, 3.05) is 13.2 Å². The number of aryl methyl sites for hydroxylation is 1. The van der Waals surface area contributed by atoms with Gasteiger partial charge in [0, 0.05) is 12.6 Å². The zero-order valence-electron chi connectivity index (χ0n) is 11.8. The molecular formula is C15H15F2NO4. The summed E-state index contributed by atoms with van der Waals surface area (Å²) in [5.41, 5.74) is 0.383. The number of furan rings is 1. The van der Waals surface area contributed by atoms with Gasteiger partial charge in [0.2, 0.25) is 0 Å². The Morgan fingerprint density at radius 1 is 1.36 bits per heavy atom. The molecule has 1 heterocycles. The van der Waals surface area contributed by atoms with Crippen LogP contribution in [0.2, 0.25) is 0 Å². The first-order chi connectivity index (χ1) is 10.5. The number of carbonyl (C=O) groups excluding carboxylic acids is 1. The molecule has 1 amide bonds. The minimum atomic E-state index is -1.03. The fourth-order valence-corrected chi connectivity index (χ4v) is 1.74. The summed E-state index contributed by atoms with van der Waals surface area (Å²) in [4.78, 5) is 11.8. The van der Waals surface area contributed by atoms with E-state index >= 15 is 0 Å². The van der Waals surface area contributed by atoms with Crippen molar-refractivity contribution in [1.29, 1.82) is 0 Å². The average molecular weight is 311 g/mol. The van der Waals surface area contributed by atoms with Gasteiger partial charge >= 0.3 is 0 Å². The van der Waals surface area contributed by atoms with Gasteiger partial charge in [-0.25, -0.2) is 8.78 Å². The van der Waals surface area contributed by atoms with Gasteiger partial charge in [0.1, 0.15) is 24.2 Å². The molecule has 0 saturated heterocycles. The van der Waals surface area contributed by atoms with E-state index in [0.29, 0.717) is 11.3 Å². The Bertz CT molecular complexity index is 657. The summed E-state index contributed by atoms with van der Waals surface area (Å²) in [7, 11) is 0. The van der Waals surface area contributed by atoms with Crippen molar-refractivity contribution in [3.63, 3.8) is 0 Å². The molecule has 0 aliphatic carbocycles. The lowest BCUT2D eigenvalue weighted by Crippen LogP contribution is -2.35. The van der Waals surface area contributed by atoms with E-state index in [-0.39, 0.29) is 24.8 Å². The standard InChI is InChI=1S/C15H15F2NO4/c1-9-12(4-5-21-9)15(20)18-7-10(19)8-22-11-2-3-13(16)14(17)6-11/h2-6,10,19H,7-8H2,1H3,(H,18,20). The first-order valence-corrected chi connectivity index (χ1v) is 6.55. The smallest absolute Gasteiger partial charge is 0.254 e. The number of ether oxygens (including phenoxy) is 1. The zero-order chi connectivity index (χ0) is 16.1. The van der Waals surface area contributed by atoms with Crippen LogP contribution in [0.5, 0.6) is 5.75 Å². The summed E-state index contributed by atoms with van der Waals surface area (Å²) >= 11 is 0. The molecule has 0 aliphatic rings. The van der Waals surface area contributed by atoms with Crippen molar-refractivity contribution >= 4 is 5.91 Å². The fraction of sp³-hybridized carbons (Fsp3) is 0.267. The Morgan fingerprint density at radius 3 is 2.77 bits per heavy atom. The summed E-state index contributed by atoms with van der Waals surface area (Å²) in [6.45, 7) is 1.43. The number of aliphatic hydroxyl groups excluding tert-OH is 1. The third kappa shape index (κ3) is 4.05. The molecule has 2 rings (SSSR count). The van der Waals surface area contributed by atoms with E-state index in [1.807, 2.05) is 0 Å². The maximum Gasteiger partial charge on any atom is 0.254 e. The number of nitrogens with one attached hydrogen (secondary N) is 1. The Balaban J connectivity index is 1.78. The van der Waals surface area contributed by atoms with Crippen molar-refractivity contribution < 1.29 is 27.8 Å². The van der Waals surface area contributed by atoms with E-state index in [9.17, 15) is 18.7 Å². The van der Waals surface area contributed by atoms with Gasteiger partial charge < -0.3 is 19.6 Å². The molecule has 1 atom stereocenters. The molecule has 2 aromatic rings. The number of rotatable bonds is 6. The molecule has 118 valence electrons. The number of benzene rings is 1. The highest BCUT2D eigenvalue weighted by atomic mass is 19.2. The molecule has 1 aromatic carbocycles. The van der Waals surface area contributed by atoms with Crippen LogP contribution < -0.4 is 10.1 Å². The number of hydrogen-bond acceptors (Lipinski definition) is 4.